The number of hydrogen-bond donors (Lipinski definition) is 2. The van der Waals surface area contributed by atoms with E-state index in [1.807, 2.05) is 13.8 Å². The van der Waals surface area contributed by atoms with Crippen molar-refractivity contribution in [3.8, 4) is 0 Å². The number of ether oxygens (including phenoxy) is 1. The van der Waals surface area contributed by atoms with Gasteiger partial charge in [0, 0.05) is 25.1 Å². The summed E-state index contributed by atoms with van der Waals surface area (Å²) in [6.07, 6.45) is 1.07. The first-order valence-electron chi connectivity index (χ1n) is 6.92. The maximum Gasteiger partial charge on any atom is 0.252 e. The molecule has 0 spiro atoms. The lowest BCUT2D eigenvalue weighted by Crippen LogP contribution is -2.17. The van der Waals surface area contributed by atoms with Crippen molar-refractivity contribution in [1.29, 1.82) is 0 Å². The van der Waals surface area contributed by atoms with Crippen LogP contribution in [0.5, 0.6) is 0 Å². The molecule has 0 radical (unpaired) electrons. The van der Waals surface area contributed by atoms with Crippen molar-refractivity contribution in [3.63, 3.8) is 0 Å². The Morgan fingerprint density at radius 1 is 1.32 bits per heavy atom. The Bertz CT molecular complexity index is 427. The zero-order valence-corrected chi connectivity index (χ0v) is 12.3. The number of aromatic amines is 1. The summed E-state index contributed by atoms with van der Waals surface area (Å²) >= 11 is 0. The molecule has 2 N–H and O–H groups in total. The standard InChI is InChI=1S/C14H25N3O2/c1-10(2)5-7-19-8-6-15-12-9-13(18)17-14(16-12)11(3)4/h9-11H,5-8H2,1-4H3,(H2,15,16,17,18). The minimum Gasteiger partial charge on any atom is -0.380 e. The van der Waals surface area contributed by atoms with Crippen LogP contribution >= 0.6 is 0 Å². The monoisotopic (exact) mass is 267 g/mol. The summed E-state index contributed by atoms with van der Waals surface area (Å²) in [6, 6.07) is 1.47. The van der Waals surface area contributed by atoms with Crippen molar-refractivity contribution in [1.82, 2.24) is 9.97 Å². The molecule has 0 aliphatic heterocycles. The number of hydrogen-bond acceptors (Lipinski definition) is 4. The third-order valence-electron chi connectivity index (χ3n) is 2.70. The van der Waals surface area contributed by atoms with Gasteiger partial charge in [0.05, 0.1) is 6.61 Å². The minimum absolute atomic E-state index is 0.123. The molecule has 108 valence electrons. The molecule has 0 saturated heterocycles. The Morgan fingerprint density at radius 3 is 2.68 bits per heavy atom. The van der Waals surface area contributed by atoms with Gasteiger partial charge in [0.1, 0.15) is 11.6 Å². The Morgan fingerprint density at radius 2 is 2.05 bits per heavy atom. The predicted molar refractivity (Wildman–Crippen MR) is 77.7 cm³/mol. The van der Waals surface area contributed by atoms with Crippen LogP contribution in [-0.2, 0) is 4.74 Å². The van der Waals surface area contributed by atoms with Gasteiger partial charge in [-0.3, -0.25) is 4.79 Å². The zero-order valence-electron chi connectivity index (χ0n) is 12.3. The first-order valence-corrected chi connectivity index (χ1v) is 6.92. The first kappa shape index (κ1) is 15.7. The van der Waals surface area contributed by atoms with Crippen LogP contribution in [0.15, 0.2) is 10.9 Å². The second kappa shape index (κ2) is 7.94. The van der Waals surface area contributed by atoms with Crippen molar-refractivity contribution >= 4 is 5.82 Å². The summed E-state index contributed by atoms with van der Waals surface area (Å²) in [5, 5.41) is 3.11. The summed E-state index contributed by atoms with van der Waals surface area (Å²) in [5.74, 6) is 2.18. The highest BCUT2D eigenvalue weighted by atomic mass is 16.5. The highest BCUT2D eigenvalue weighted by Crippen LogP contribution is 2.08. The normalized spacial score (nSPS) is 11.3. The van der Waals surface area contributed by atoms with Crippen molar-refractivity contribution < 1.29 is 4.74 Å². The van der Waals surface area contributed by atoms with E-state index in [2.05, 4.69) is 29.1 Å². The average Bonchev–Trinajstić information content (AvgIpc) is 2.32. The molecule has 0 aliphatic carbocycles. The molecule has 0 amide bonds. The number of nitrogens with one attached hydrogen (secondary N) is 2. The van der Waals surface area contributed by atoms with Crippen LogP contribution in [0.3, 0.4) is 0 Å². The molecule has 19 heavy (non-hydrogen) atoms. The largest absolute Gasteiger partial charge is 0.380 e. The van der Waals surface area contributed by atoms with Gasteiger partial charge in [-0.25, -0.2) is 4.98 Å². The average molecular weight is 267 g/mol. The molecule has 0 aliphatic rings. The molecular weight excluding hydrogens is 242 g/mol. The lowest BCUT2D eigenvalue weighted by atomic mass is 10.1. The number of H-pyrrole nitrogens is 1. The van der Waals surface area contributed by atoms with Crippen LogP contribution in [0.1, 0.15) is 45.9 Å². The summed E-state index contributed by atoms with van der Waals surface area (Å²) < 4.78 is 5.50. The van der Waals surface area contributed by atoms with E-state index in [9.17, 15) is 4.79 Å². The van der Waals surface area contributed by atoms with E-state index >= 15 is 0 Å². The van der Waals surface area contributed by atoms with E-state index in [-0.39, 0.29) is 11.5 Å². The first-order chi connectivity index (χ1) is 8.99. The lowest BCUT2D eigenvalue weighted by molar-refractivity contribution is 0.132. The highest BCUT2D eigenvalue weighted by molar-refractivity contribution is 5.33. The van der Waals surface area contributed by atoms with Crippen molar-refractivity contribution in [2.24, 2.45) is 5.92 Å². The molecule has 0 fully saturated rings. The molecule has 0 saturated carbocycles. The van der Waals surface area contributed by atoms with E-state index in [0.29, 0.717) is 30.7 Å². The van der Waals surface area contributed by atoms with E-state index in [1.165, 1.54) is 6.07 Å². The van der Waals surface area contributed by atoms with Gasteiger partial charge >= 0.3 is 0 Å². The van der Waals surface area contributed by atoms with Gasteiger partial charge < -0.3 is 15.0 Å². The predicted octanol–water partition coefficient (Wildman–Crippen LogP) is 2.37. The van der Waals surface area contributed by atoms with E-state index in [0.717, 1.165) is 13.0 Å². The van der Waals surface area contributed by atoms with E-state index in [4.69, 9.17) is 4.74 Å². The van der Waals surface area contributed by atoms with Crippen LogP contribution < -0.4 is 10.9 Å². The number of nitrogens with zero attached hydrogens (tertiary/aromatic N) is 1. The van der Waals surface area contributed by atoms with Crippen LogP contribution in [0, 0.1) is 5.92 Å². The second-order valence-electron chi connectivity index (χ2n) is 5.39. The molecule has 0 unspecified atom stereocenters. The highest BCUT2D eigenvalue weighted by Gasteiger charge is 2.04. The van der Waals surface area contributed by atoms with Gasteiger partial charge in [-0.2, -0.15) is 0 Å². The Kier molecular flexibility index (Phi) is 6.56. The summed E-state index contributed by atoms with van der Waals surface area (Å²) in [4.78, 5) is 18.5. The van der Waals surface area contributed by atoms with Gasteiger partial charge in [0.15, 0.2) is 0 Å². The topological polar surface area (TPSA) is 67.0 Å². The van der Waals surface area contributed by atoms with Gasteiger partial charge in [-0.05, 0) is 12.3 Å². The maximum atomic E-state index is 11.5. The summed E-state index contributed by atoms with van der Waals surface area (Å²) in [5.41, 5.74) is -0.123. The van der Waals surface area contributed by atoms with Crippen LogP contribution in [-0.4, -0.2) is 29.7 Å². The minimum atomic E-state index is -0.123. The fraction of sp³-hybridized carbons (Fsp3) is 0.714. The van der Waals surface area contributed by atoms with Crippen LogP contribution in [0.4, 0.5) is 5.82 Å². The van der Waals surface area contributed by atoms with E-state index < -0.39 is 0 Å². The zero-order chi connectivity index (χ0) is 14.3. The number of rotatable bonds is 8. The number of anilines is 1. The second-order valence-corrected chi connectivity index (χ2v) is 5.39. The van der Waals surface area contributed by atoms with Gasteiger partial charge in [-0.1, -0.05) is 27.7 Å². The fourth-order valence-corrected chi connectivity index (χ4v) is 1.51. The third kappa shape index (κ3) is 6.38. The summed E-state index contributed by atoms with van der Waals surface area (Å²) in [6.45, 7) is 10.4. The Balaban J connectivity index is 2.35. The molecule has 1 aromatic heterocycles. The van der Waals surface area contributed by atoms with Gasteiger partial charge in [0.2, 0.25) is 0 Å². The lowest BCUT2D eigenvalue weighted by Gasteiger charge is -2.10. The van der Waals surface area contributed by atoms with Gasteiger partial charge in [0.25, 0.3) is 5.56 Å². The van der Waals surface area contributed by atoms with Crippen molar-refractivity contribution in [2.75, 3.05) is 25.1 Å². The summed E-state index contributed by atoms with van der Waals surface area (Å²) in [7, 11) is 0. The Hall–Kier alpha value is -1.36. The molecule has 1 aromatic rings. The molecule has 0 atom stereocenters. The van der Waals surface area contributed by atoms with Crippen molar-refractivity contribution in [2.45, 2.75) is 40.0 Å². The van der Waals surface area contributed by atoms with Crippen molar-refractivity contribution in [3.05, 3.63) is 22.2 Å². The SMILES string of the molecule is CC(C)CCOCCNc1cc(=O)[nH]c(C(C)C)n1. The number of aromatic nitrogens is 2. The molecular formula is C14H25N3O2. The van der Waals surface area contributed by atoms with Crippen LogP contribution in [0.2, 0.25) is 0 Å². The molecule has 5 nitrogen and oxygen atoms in total. The molecule has 0 aromatic carbocycles. The molecule has 1 rings (SSSR count). The van der Waals surface area contributed by atoms with Crippen LogP contribution in [0.25, 0.3) is 0 Å². The molecule has 5 heteroatoms. The molecule has 1 heterocycles. The third-order valence-corrected chi connectivity index (χ3v) is 2.70. The van der Waals surface area contributed by atoms with E-state index in [1.54, 1.807) is 0 Å². The fourth-order valence-electron chi connectivity index (χ4n) is 1.51. The van der Waals surface area contributed by atoms with Gasteiger partial charge in [-0.15, -0.1) is 0 Å². The maximum absolute atomic E-state index is 11.5. The molecule has 0 bridgehead atoms. The Labute approximate surface area is 114 Å². The quantitative estimate of drug-likeness (QED) is 0.710. The smallest absolute Gasteiger partial charge is 0.252 e.